The summed E-state index contributed by atoms with van der Waals surface area (Å²) in [5.74, 6) is -0.165. The zero-order valence-corrected chi connectivity index (χ0v) is 10.2. The van der Waals surface area contributed by atoms with Crippen LogP contribution < -0.4 is 10.8 Å². The van der Waals surface area contributed by atoms with E-state index in [0.717, 1.165) is 5.56 Å². The number of non-ortho nitro benzene ring substituents is 1. The number of nitrogens with zero attached hydrogens (tertiary/aromatic N) is 1. The number of benzene rings is 1. The molecule has 0 spiro atoms. The minimum Gasteiger partial charge on any atom is -0.353 e. The van der Waals surface area contributed by atoms with E-state index in [9.17, 15) is 14.9 Å². The molecule has 98 valence electrons. The third-order valence-electron chi connectivity index (χ3n) is 2.27. The van der Waals surface area contributed by atoms with Crippen molar-refractivity contribution in [3.63, 3.8) is 0 Å². The Labute approximate surface area is 104 Å². The van der Waals surface area contributed by atoms with Gasteiger partial charge in [-0.2, -0.15) is 0 Å². The lowest BCUT2D eigenvalue weighted by molar-refractivity contribution is -0.384. The molecule has 0 aliphatic carbocycles. The van der Waals surface area contributed by atoms with Gasteiger partial charge in [-0.1, -0.05) is 0 Å². The van der Waals surface area contributed by atoms with Gasteiger partial charge in [0.15, 0.2) is 0 Å². The molecule has 1 aromatic rings. The summed E-state index contributed by atoms with van der Waals surface area (Å²) in [5.41, 5.74) is 3.30. The van der Waals surface area contributed by atoms with E-state index >= 15 is 0 Å². The normalized spacial score (nSPS) is 11.9. The van der Waals surface area contributed by atoms with Crippen LogP contribution in [0.1, 0.15) is 18.6 Å². The van der Waals surface area contributed by atoms with E-state index in [-0.39, 0.29) is 18.1 Å². The molecule has 2 N–H and O–H groups in total. The smallest absolute Gasteiger partial charge is 0.269 e. The molecule has 1 unspecified atom stereocenters. The fraction of sp³-hybridized carbons (Fsp3) is 0.364. The van der Waals surface area contributed by atoms with E-state index in [1.807, 2.05) is 0 Å². The number of nitro benzene ring substituents is 1. The van der Waals surface area contributed by atoms with Gasteiger partial charge >= 0.3 is 0 Å². The number of hydroxylamine groups is 1. The predicted octanol–water partition coefficient (Wildman–Crippen LogP) is 0.923. The maximum atomic E-state index is 10.9. The summed E-state index contributed by atoms with van der Waals surface area (Å²) >= 11 is 0. The topological polar surface area (TPSA) is 93.5 Å². The number of carbonyl (C=O) groups excluding carboxylic acids is 1. The van der Waals surface area contributed by atoms with Crippen molar-refractivity contribution in [3.05, 3.63) is 39.9 Å². The maximum absolute atomic E-state index is 10.9. The standard InChI is InChI=1S/C11H15N3O4/c1-8(15)13-7-11(18-12-2)9-3-5-10(6-4-9)14(16)17/h3-6,11-12H,7H2,1-2H3,(H,13,15). The number of nitro groups is 1. The number of carbonyl (C=O) groups is 1. The Morgan fingerprint density at radius 3 is 2.50 bits per heavy atom. The van der Waals surface area contributed by atoms with Gasteiger partial charge in [0.05, 0.1) is 4.92 Å². The van der Waals surface area contributed by atoms with E-state index in [2.05, 4.69) is 10.8 Å². The monoisotopic (exact) mass is 253 g/mol. The van der Waals surface area contributed by atoms with E-state index in [0.29, 0.717) is 0 Å². The lowest BCUT2D eigenvalue weighted by atomic mass is 10.1. The van der Waals surface area contributed by atoms with Gasteiger partial charge in [-0.05, 0) is 17.7 Å². The molecule has 0 bridgehead atoms. The molecule has 0 saturated carbocycles. The van der Waals surface area contributed by atoms with Crippen molar-refractivity contribution in [3.8, 4) is 0 Å². The van der Waals surface area contributed by atoms with Crippen molar-refractivity contribution in [1.29, 1.82) is 0 Å². The molecular weight excluding hydrogens is 238 g/mol. The van der Waals surface area contributed by atoms with E-state index in [1.165, 1.54) is 19.1 Å². The second-order valence-electron chi connectivity index (χ2n) is 3.60. The second-order valence-corrected chi connectivity index (χ2v) is 3.60. The van der Waals surface area contributed by atoms with Crippen molar-refractivity contribution in [2.75, 3.05) is 13.6 Å². The molecule has 7 heteroatoms. The highest BCUT2D eigenvalue weighted by Crippen LogP contribution is 2.19. The summed E-state index contributed by atoms with van der Waals surface area (Å²) in [6.07, 6.45) is -0.403. The molecule has 0 heterocycles. The van der Waals surface area contributed by atoms with Gasteiger partial charge in [-0.25, -0.2) is 5.48 Å². The van der Waals surface area contributed by atoms with Gasteiger partial charge in [0, 0.05) is 32.6 Å². The Bertz CT molecular complexity index is 419. The van der Waals surface area contributed by atoms with Crippen molar-refractivity contribution in [2.45, 2.75) is 13.0 Å². The van der Waals surface area contributed by atoms with E-state index in [1.54, 1.807) is 19.2 Å². The summed E-state index contributed by atoms with van der Waals surface area (Å²) in [4.78, 5) is 26.2. The summed E-state index contributed by atoms with van der Waals surface area (Å²) in [6, 6.07) is 5.99. The third kappa shape index (κ3) is 4.11. The summed E-state index contributed by atoms with van der Waals surface area (Å²) in [7, 11) is 1.60. The van der Waals surface area contributed by atoms with Gasteiger partial charge in [0.25, 0.3) is 5.69 Å². The molecule has 18 heavy (non-hydrogen) atoms. The molecule has 1 aromatic carbocycles. The molecule has 7 nitrogen and oxygen atoms in total. The average molecular weight is 253 g/mol. The first kappa shape index (κ1) is 14.1. The number of nitrogens with one attached hydrogen (secondary N) is 2. The summed E-state index contributed by atoms with van der Waals surface area (Å²) in [5, 5.41) is 13.2. The fourth-order valence-electron chi connectivity index (χ4n) is 1.42. The highest BCUT2D eigenvalue weighted by Gasteiger charge is 2.14. The second kappa shape index (κ2) is 6.67. The fourth-order valence-corrected chi connectivity index (χ4v) is 1.42. The Morgan fingerprint density at radius 1 is 1.44 bits per heavy atom. The van der Waals surface area contributed by atoms with Gasteiger partial charge in [0.1, 0.15) is 6.10 Å². The molecule has 0 aliphatic heterocycles. The SMILES string of the molecule is CNOC(CNC(C)=O)c1ccc([N+](=O)[O-])cc1. The average Bonchev–Trinajstić information content (AvgIpc) is 2.34. The Morgan fingerprint density at radius 2 is 2.06 bits per heavy atom. The molecule has 0 aliphatic rings. The first-order valence-electron chi connectivity index (χ1n) is 5.35. The van der Waals surface area contributed by atoms with Crippen LogP contribution in [0.2, 0.25) is 0 Å². The molecule has 0 radical (unpaired) electrons. The number of rotatable bonds is 6. The molecule has 0 fully saturated rings. The van der Waals surface area contributed by atoms with Gasteiger partial charge in [0.2, 0.25) is 5.91 Å². The number of amides is 1. The van der Waals surface area contributed by atoms with Crippen LogP contribution in [0.4, 0.5) is 5.69 Å². The lowest BCUT2D eigenvalue weighted by Gasteiger charge is -2.17. The molecule has 0 aromatic heterocycles. The first-order valence-corrected chi connectivity index (χ1v) is 5.35. The van der Waals surface area contributed by atoms with Crippen LogP contribution in [0.15, 0.2) is 24.3 Å². The predicted molar refractivity (Wildman–Crippen MR) is 64.7 cm³/mol. The van der Waals surface area contributed by atoms with Crippen LogP contribution in [-0.2, 0) is 9.63 Å². The minimum atomic E-state index is -0.467. The van der Waals surface area contributed by atoms with Crippen molar-refractivity contribution in [2.24, 2.45) is 0 Å². The quantitative estimate of drug-likeness (QED) is 0.581. The van der Waals surface area contributed by atoms with Gasteiger partial charge < -0.3 is 5.32 Å². The molecule has 1 atom stereocenters. The maximum Gasteiger partial charge on any atom is 0.269 e. The van der Waals surface area contributed by atoms with Gasteiger partial charge in [-0.3, -0.25) is 19.7 Å². The van der Waals surface area contributed by atoms with Crippen LogP contribution in [0.25, 0.3) is 0 Å². The Hall–Kier alpha value is -1.99. The highest BCUT2D eigenvalue weighted by molar-refractivity contribution is 5.72. The van der Waals surface area contributed by atoms with E-state index in [4.69, 9.17) is 4.84 Å². The van der Waals surface area contributed by atoms with Crippen LogP contribution in [0.5, 0.6) is 0 Å². The lowest BCUT2D eigenvalue weighted by Crippen LogP contribution is -2.29. The minimum absolute atomic E-state index is 0.0153. The third-order valence-corrected chi connectivity index (χ3v) is 2.27. The van der Waals surface area contributed by atoms with Crippen LogP contribution >= 0.6 is 0 Å². The van der Waals surface area contributed by atoms with Crippen molar-refractivity contribution in [1.82, 2.24) is 10.8 Å². The first-order chi connectivity index (χ1) is 8.54. The molecule has 0 saturated heterocycles. The highest BCUT2D eigenvalue weighted by atomic mass is 16.7. The summed E-state index contributed by atoms with van der Waals surface area (Å²) < 4.78 is 0. The van der Waals surface area contributed by atoms with Crippen molar-refractivity contribution < 1.29 is 14.6 Å². The molecular formula is C11H15N3O4. The van der Waals surface area contributed by atoms with Crippen LogP contribution in [-0.4, -0.2) is 24.4 Å². The Kier molecular flexibility index (Phi) is 5.22. The van der Waals surface area contributed by atoms with E-state index < -0.39 is 11.0 Å². The van der Waals surface area contributed by atoms with Crippen molar-refractivity contribution >= 4 is 11.6 Å². The molecule has 1 rings (SSSR count). The number of hydrogen-bond donors (Lipinski definition) is 2. The molecule has 1 amide bonds. The zero-order chi connectivity index (χ0) is 13.5. The van der Waals surface area contributed by atoms with Crippen LogP contribution in [0, 0.1) is 10.1 Å². The Balaban J connectivity index is 2.78. The number of hydrogen-bond acceptors (Lipinski definition) is 5. The zero-order valence-electron chi connectivity index (χ0n) is 10.2. The van der Waals surface area contributed by atoms with Gasteiger partial charge in [-0.15, -0.1) is 0 Å². The van der Waals surface area contributed by atoms with Crippen LogP contribution in [0.3, 0.4) is 0 Å². The summed E-state index contributed by atoms with van der Waals surface area (Å²) in [6.45, 7) is 1.69. The largest absolute Gasteiger partial charge is 0.353 e.